The van der Waals surface area contributed by atoms with E-state index in [4.69, 9.17) is 21.6 Å². The highest BCUT2D eigenvalue weighted by Crippen LogP contribution is 2.29. The van der Waals surface area contributed by atoms with Gasteiger partial charge >= 0.3 is 5.97 Å². The highest BCUT2D eigenvalue weighted by Gasteiger charge is 2.16. The number of phenols is 1. The predicted molar refractivity (Wildman–Crippen MR) is 101 cm³/mol. The number of amides is 1. The quantitative estimate of drug-likeness (QED) is 0.669. The molecule has 0 unspecified atom stereocenters. The van der Waals surface area contributed by atoms with E-state index in [1.807, 2.05) is 12.1 Å². The van der Waals surface area contributed by atoms with Crippen LogP contribution in [0.15, 0.2) is 54.6 Å². The number of hydrogen-bond acceptors (Lipinski definition) is 5. The Kier molecular flexibility index (Phi) is 5.25. The van der Waals surface area contributed by atoms with E-state index in [1.165, 1.54) is 24.3 Å². The van der Waals surface area contributed by atoms with Crippen LogP contribution in [-0.4, -0.2) is 23.6 Å². The number of halogens is 1. The van der Waals surface area contributed by atoms with Gasteiger partial charge in [0.1, 0.15) is 17.4 Å². The van der Waals surface area contributed by atoms with E-state index in [2.05, 4.69) is 5.32 Å². The number of aromatic hydroxyl groups is 1. The third-order valence-corrected chi connectivity index (χ3v) is 4.14. The molecule has 1 amide bonds. The van der Waals surface area contributed by atoms with Crippen LogP contribution in [0.3, 0.4) is 0 Å². The molecule has 0 heterocycles. The van der Waals surface area contributed by atoms with Gasteiger partial charge in [0.05, 0.1) is 10.6 Å². The van der Waals surface area contributed by atoms with Gasteiger partial charge in [0.15, 0.2) is 6.61 Å². The van der Waals surface area contributed by atoms with Gasteiger partial charge in [-0.25, -0.2) is 4.79 Å². The van der Waals surface area contributed by atoms with Crippen LogP contribution in [0.2, 0.25) is 5.02 Å². The zero-order chi connectivity index (χ0) is 19.4. The van der Waals surface area contributed by atoms with Crippen molar-refractivity contribution in [1.29, 1.82) is 5.26 Å². The van der Waals surface area contributed by atoms with Crippen LogP contribution in [0.25, 0.3) is 10.8 Å². The molecular weight excluding hydrogens is 368 g/mol. The summed E-state index contributed by atoms with van der Waals surface area (Å²) >= 11 is 5.90. The molecule has 0 saturated heterocycles. The van der Waals surface area contributed by atoms with Gasteiger partial charge in [0.2, 0.25) is 0 Å². The van der Waals surface area contributed by atoms with E-state index in [-0.39, 0.29) is 21.9 Å². The second kappa shape index (κ2) is 7.77. The van der Waals surface area contributed by atoms with Gasteiger partial charge in [-0.05, 0) is 29.7 Å². The summed E-state index contributed by atoms with van der Waals surface area (Å²) < 4.78 is 4.97. The number of benzene rings is 3. The molecule has 0 aliphatic carbocycles. The number of hydrogen-bond donors (Lipinski definition) is 2. The highest BCUT2D eigenvalue weighted by atomic mass is 35.5. The number of fused-ring (bicyclic) bond motifs is 1. The Labute approximate surface area is 159 Å². The van der Waals surface area contributed by atoms with Crippen LogP contribution in [0.5, 0.6) is 5.75 Å². The summed E-state index contributed by atoms with van der Waals surface area (Å²) in [7, 11) is 0. The second-order valence-corrected chi connectivity index (χ2v) is 6.02. The van der Waals surface area contributed by atoms with E-state index < -0.39 is 18.5 Å². The molecule has 3 aromatic rings. The van der Waals surface area contributed by atoms with Crippen molar-refractivity contribution < 1.29 is 19.4 Å². The number of nitriles is 1. The van der Waals surface area contributed by atoms with Crippen molar-refractivity contribution in [1.82, 2.24) is 0 Å². The van der Waals surface area contributed by atoms with E-state index in [0.29, 0.717) is 11.1 Å². The molecule has 0 radical (unpaired) electrons. The Balaban J connectivity index is 1.65. The molecule has 6 nitrogen and oxygen atoms in total. The summed E-state index contributed by atoms with van der Waals surface area (Å²) in [6, 6.07) is 16.5. The lowest BCUT2D eigenvalue weighted by atomic mass is 10.1. The third kappa shape index (κ3) is 4.00. The number of ether oxygens (including phenoxy) is 1. The third-order valence-electron chi connectivity index (χ3n) is 3.83. The largest absolute Gasteiger partial charge is 0.506 e. The highest BCUT2D eigenvalue weighted by molar-refractivity contribution is 6.32. The first kappa shape index (κ1) is 18.2. The lowest BCUT2D eigenvalue weighted by molar-refractivity contribution is -0.119. The fourth-order valence-electron chi connectivity index (χ4n) is 2.51. The minimum absolute atomic E-state index is 0.0251. The average Bonchev–Trinajstić information content (AvgIpc) is 2.67. The molecule has 0 atom stereocenters. The topological polar surface area (TPSA) is 99.4 Å². The molecule has 0 aliphatic heterocycles. The van der Waals surface area contributed by atoms with Crippen molar-refractivity contribution in [2.45, 2.75) is 0 Å². The zero-order valence-electron chi connectivity index (χ0n) is 13.9. The molecule has 0 spiro atoms. The molecule has 0 aliphatic rings. The number of phenolic OH excluding ortho intramolecular Hbond substituents is 1. The van der Waals surface area contributed by atoms with Gasteiger partial charge in [0.25, 0.3) is 5.91 Å². The Morgan fingerprint density at radius 1 is 1.15 bits per heavy atom. The molecule has 27 heavy (non-hydrogen) atoms. The molecule has 3 aromatic carbocycles. The Morgan fingerprint density at radius 3 is 2.67 bits per heavy atom. The van der Waals surface area contributed by atoms with E-state index in [1.54, 1.807) is 24.3 Å². The van der Waals surface area contributed by atoms with Crippen LogP contribution in [-0.2, 0) is 9.53 Å². The summed E-state index contributed by atoms with van der Waals surface area (Å²) in [4.78, 5) is 24.1. The smallest absolute Gasteiger partial charge is 0.342 e. The van der Waals surface area contributed by atoms with Gasteiger partial charge in [-0.2, -0.15) is 5.26 Å². The van der Waals surface area contributed by atoms with Crippen molar-refractivity contribution in [2.24, 2.45) is 0 Å². The monoisotopic (exact) mass is 380 g/mol. The standard InChI is InChI=1S/C20H13ClN2O4/c21-17-9-14(7-5-13(17)10-22)23-18(24)11-27-20(26)16-8-6-12-3-1-2-4-15(12)19(16)25/h1-9,25H,11H2,(H,23,24). The van der Waals surface area contributed by atoms with Gasteiger partial charge in [-0.3, -0.25) is 4.79 Å². The first-order valence-electron chi connectivity index (χ1n) is 7.87. The number of rotatable bonds is 4. The van der Waals surface area contributed by atoms with Crippen molar-refractivity contribution in [3.63, 3.8) is 0 Å². The fraction of sp³-hybridized carbons (Fsp3) is 0.0500. The van der Waals surface area contributed by atoms with E-state index in [0.717, 1.165) is 5.39 Å². The number of nitrogens with one attached hydrogen (secondary N) is 1. The van der Waals surface area contributed by atoms with Crippen LogP contribution >= 0.6 is 11.6 Å². The SMILES string of the molecule is N#Cc1ccc(NC(=O)COC(=O)c2ccc3ccccc3c2O)cc1Cl. The number of carbonyl (C=O) groups is 2. The summed E-state index contributed by atoms with van der Waals surface area (Å²) in [5.74, 6) is -1.59. The van der Waals surface area contributed by atoms with E-state index in [9.17, 15) is 14.7 Å². The van der Waals surface area contributed by atoms with Crippen LogP contribution in [0.1, 0.15) is 15.9 Å². The minimum atomic E-state index is -0.814. The lowest BCUT2D eigenvalue weighted by Crippen LogP contribution is -2.21. The fourth-order valence-corrected chi connectivity index (χ4v) is 2.73. The Hall–Kier alpha value is -3.56. The van der Waals surface area contributed by atoms with Gasteiger partial charge in [-0.15, -0.1) is 0 Å². The van der Waals surface area contributed by atoms with Crippen LogP contribution in [0.4, 0.5) is 5.69 Å². The number of nitrogens with zero attached hydrogens (tertiary/aromatic N) is 1. The van der Waals surface area contributed by atoms with Crippen LogP contribution < -0.4 is 5.32 Å². The second-order valence-electron chi connectivity index (χ2n) is 5.61. The molecule has 0 saturated carbocycles. The maximum atomic E-state index is 12.2. The summed E-state index contributed by atoms with van der Waals surface area (Å²) in [6.07, 6.45) is 0. The molecule has 0 aromatic heterocycles. The predicted octanol–water partition coefficient (Wildman–Crippen LogP) is 3.87. The van der Waals surface area contributed by atoms with Crippen molar-refractivity contribution in [2.75, 3.05) is 11.9 Å². The lowest BCUT2D eigenvalue weighted by Gasteiger charge is -2.09. The number of anilines is 1. The number of esters is 1. The van der Waals surface area contributed by atoms with Gasteiger partial charge in [0, 0.05) is 11.1 Å². The number of carbonyl (C=O) groups excluding carboxylic acids is 2. The minimum Gasteiger partial charge on any atom is -0.506 e. The maximum Gasteiger partial charge on any atom is 0.342 e. The van der Waals surface area contributed by atoms with Crippen LogP contribution in [0, 0.1) is 11.3 Å². The Bertz CT molecular complexity index is 1090. The first-order valence-corrected chi connectivity index (χ1v) is 8.24. The molecular formula is C20H13ClN2O4. The van der Waals surface area contributed by atoms with Crippen molar-refractivity contribution in [3.8, 4) is 11.8 Å². The summed E-state index contributed by atoms with van der Waals surface area (Å²) in [5.41, 5.74) is 0.629. The molecule has 7 heteroatoms. The molecule has 0 bridgehead atoms. The molecule has 2 N–H and O–H groups in total. The summed E-state index contributed by atoms with van der Waals surface area (Å²) in [5, 5.41) is 23.1. The van der Waals surface area contributed by atoms with E-state index >= 15 is 0 Å². The summed E-state index contributed by atoms with van der Waals surface area (Å²) in [6.45, 7) is -0.539. The van der Waals surface area contributed by atoms with Crippen molar-refractivity contribution in [3.05, 3.63) is 70.7 Å². The zero-order valence-corrected chi connectivity index (χ0v) is 14.7. The molecule has 134 valence electrons. The Morgan fingerprint density at radius 2 is 1.93 bits per heavy atom. The normalized spacial score (nSPS) is 10.2. The van der Waals surface area contributed by atoms with Gasteiger partial charge in [-0.1, -0.05) is 41.9 Å². The molecule has 0 fully saturated rings. The first-order chi connectivity index (χ1) is 13.0. The molecule has 3 rings (SSSR count). The van der Waals surface area contributed by atoms with Crippen molar-refractivity contribution >= 4 is 39.9 Å². The average molecular weight is 381 g/mol. The maximum absolute atomic E-state index is 12.2. The van der Waals surface area contributed by atoms with Gasteiger partial charge < -0.3 is 15.2 Å².